The molecular formula is C24H28N2O2. The van der Waals surface area contributed by atoms with Crippen LogP contribution in [0.2, 0.25) is 0 Å². The molecule has 0 spiro atoms. The van der Waals surface area contributed by atoms with Crippen LogP contribution in [0, 0.1) is 5.92 Å². The van der Waals surface area contributed by atoms with Crippen molar-refractivity contribution in [1.82, 2.24) is 9.78 Å². The number of fused-ring (bicyclic) bond motifs is 1. The normalized spacial score (nSPS) is 18.0. The quantitative estimate of drug-likeness (QED) is 0.582. The van der Waals surface area contributed by atoms with Crippen LogP contribution in [0.4, 0.5) is 0 Å². The van der Waals surface area contributed by atoms with E-state index in [9.17, 15) is 0 Å². The van der Waals surface area contributed by atoms with Crippen LogP contribution in [0.25, 0.3) is 16.9 Å². The molecule has 3 aromatic rings. The number of ether oxygens (including phenoxy) is 2. The largest absolute Gasteiger partial charge is 0.447 e. The Kier molecular flexibility index (Phi) is 4.98. The highest BCUT2D eigenvalue weighted by Crippen LogP contribution is 2.47. The first kappa shape index (κ1) is 18.8. The topological polar surface area (TPSA) is 36.3 Å². The van der Waals surface area contributed by atoms with E-state index in [2.05, 4.69) is 64.1 Å². The molecule has 0 aliphatic carbocycles. The number of rotatable bonds is 5. The molecule has 2 heterocycles. The molecule has 1 atom stereocenters. The summed E-state index contributed by atoms with van der Waals surface area (Å²) in [5.74, 6) is 1.25. The summed E-state index contributed by atoms with van der Waals surface area (Å²) in [4.78, 5) is 0. The third kappa shape index (κ3) is 3.57. The van der Waals surface area contributed by atoms with Crippen molar-refractivity contribution < 1.29 is 9.47 Å². The second-order valence-corrected chi connectivity index (χ2v) is 8.50. The Bertz CT molecular complexity index is 930. The first-order valence-electron chi connectivity index (χ1n) is 9.98. The van der Waals surface area contributed by atoms with E-state index in [4.69, 9.17) is 14.6 Å². The third-order valence-corrected chi connectivity index (χ3v) is 5.10. The van der Waals surface area contributed by atoms with Gasteiger partial charge in [-0.2, -0.15) is 5.10 Å². The van der Waals surface area contributed by atoms with Gasteiger partial charge in [0.2, 0.25) is 12.2 Å². The number of para-hydroxylation sites is 1. The van der Waals surface area contributed by atoms with Gasteiger partial charge in [-0.3, -0.25) is 0 Å². The maximum absolute atomic E-state index is 6.38. The summed E-state index contributed by atoms with van der Waals surface area (Å²) < 4.78 is 14.4. The highest BCUT2D eigenvalue weighted by Gasteiger charge is 2.41. The summed E-state index contributed by atoms with van der Waals surface area (Å²) >= 11 is 0. The standard InChI is InChI=1S/C24H28N2O2/c1-17(2)16-27-20-15-24(3,4)21-22(18-11-7-5-8-12-18)25-26(23(21)28-20)19-13-9-6-10-14-19/h5-14,17,20H,15-16H2,1-4H3/t20-/m0/s1. The Labute approximate surface area is 167 Å². The van der Waals surface area contributed by atoms with Gasteiger partial charge in [0.15, 0.2) is 0 Å². The molecule has 1 aromatic heterocycles. The molecule has 2 aromatic carbocycles. The predicted octanol–water partition coefficient (Wildman–Crippen LogP) is 5.60. The van der Waals surface area contributed by atoms with Gasteiger partial charge in [-0.15, -0.1) is 0 Å². The molecule has 4 nitrogen and oxygen atoms in total. The summed E-state index contributed by atoms with van der Waals surface area (Å²) in [5, 5.41) is 4.99. The molecule has 4 heteroatoms. The van der Waals surface area contributed by atoms with Crippen LogP contribution in [0.15, 0.2) is 60.7 Å². The summed E-state index contributed by atoms with van der Waals surface area (Å²) in [5.41, 5.74) is 4.10. The molecule has 28 heavy (non-hydrogen) atoms. The lowest BCUT2D eigenvalue weighted by Crippen LogP contribution is -2.37. The van der Waals surface area contributed by atoms with E-state index in [1.807, 2.05) is 28.9 Å². The Hall–Kier alpha value is -2.59. The molecule has 0 bridgehead atoms. The van der Waals surface area contributed by atoms with Gasteiger partial charge in [-0.05, 0) is 18.1 Å². The lowest BCUT2D eigenvalue weighted by Gasteiger charge is -2.36. The molecular weight excluding hydrogens is 348 g/mol. The highest BCUT2D eigenvalue weighted by atomic mass is 16.7. The van der Waals surface area contributed by atoms with Crippen molar-refractivity contribution in [1.29, 1.82) is 0 Å². The van der Waals surface area contributed by atoms with Crippen LogP contribution in [-0.2, 0) is 10.2 Å². The van der Waals surface area contributed by atoms with Gasteiger partial charge in [0.25, 0.3) is 0 Å². The van der Waals surface area contributed by atoms with E-state index in [1.165, 1.54) is 0 Å². The van der Waals surface area contributed by atoms with E-state index in [1.54, 1.807) is 0 Å². The second-order valence-electron chi connectivity index (χ2n) is 8.50. The van der Waals surface area contributed by atoms with Gasteiger partial charge in [0, 0.05) is 23.0 Å². The zero-order chi connectivity index (χ0) is 19.7. The fourth-order valence-corrected chi connectivity index (χ4v) is 3.74. The second kappa shape index (κ2) is 7.44. The third-order valence-electron chi connectivity index (χ3n) is 5.10. The molecule has 0 amide bonds. The smallest absolute Gasteiger partial charge is 0.223 e. The van der Waals surface area contributed by atoms with Crippen LogP contribution < -0.4 is 4.74 Å². The van der Waals surface area contributed by atoms with Crippen molar-refractivity contribution in [2.24, 2.45) is 5.92 Å². The summed E-state index contributed by atoms with van der Waals surface area (Å²) in [7, 11) is 0. The fourth-order valence-electron chi connectivity index (χ4n) is 3.74. The van der Waals surface area contributed by atoms with Crippen LogP contribution >= 0.6 is 0 Å². The van der Waals surface area contributed by atoms with Crippen LogP contribution in [0.3, 0.4) is 0 Å². The lowest BCUT2D eigenvalue weighted by atomic mass is 9.78. The summed E-state index contributed by atoms with van der Waals surface area (Å²) in [6.45, 7) is 9.50. The monoisotopic (exact) mass is 376 g/mol. The van der Waals surface area contributed by atoms with Crippen molar-refractivity contribution in [3.05, 3.63) is 66.2 Å². The first-order chi connectivity index (χ1) is 13.5. The molecule has 0 saturated heterocycles. The maximum Gasteiger partial charge on any atom is 0.223 e. The number of aromatic nitrogens is 2. The minimum absolute atomic E-state index is 0.118. The highest BCUT2D eigenvalue weighted by molar-refractivity contribution is 5.68. The SMILES string of the molecule is CC(C)CO[C@@H]1CC(C)(C)c2c(-c3ccccc3)nn(-c3ccccc3)c2O1. The van der Waals surface area contributed by atoms with Crippen molar-refractivity contribution >= 4 is 0 Å². The van der Waals surface area contributed by atoms with E-state index >= 15 is 0 Å². The summed E-state index contributed by atoms with van der Waals surface area (Å²) in [6, 6.07) is 20.5. The Morgan fingerprint density at radius 1 is 1.07 bits per heavy atom. The molecule has 0 unspecified atom stereocenters. The van der Waals surface area contributed by atoms with E-state index in [0.29, 0.717) is 12.5 Å². The van der Waals surface area contributed by atoms with Crippen LogP contribution in [-0.4, -0.2) is 22.7 Å². The minimum atomic E-state index is -0.271. The van der Waals surface area contributed by atoms with Gasteiger partial charge >= 0.3 is 0 Å². The fraction of sp³-hybridized carbons (Fsp3) is 0.375. The number of nitrogens with zero attached hydrogens (tertiary/aromatic N) is 2. The van der Waals surface area contributed by atoms with Crippen LogP contribution in [0.1, 0.15) is 39.7 Å². The molecule has 0 saturated carbocycles. The van der Waals surface area contributed by atoms with Gasteiger partial charge < -0.3 is 9.47 Å². The number of hydrogen-bond donors (Lipinski definition) is 0. The van der Waals surface area contributed by atoms with Crippen molar-refractivity contribution in [3.63, 3.8) is 0 Å². The lowest BCUT2D eigenvalue weighted by molar-refractivity contribution is -0.114. The Morgan fingerprint density at radius 2 is 1.71 bits per heavy atom. The molecule has 146 valence electrons. The zero-order valence-corrected chi connectivity index (χ0v) is 17.1. The average Bonchev–Trinajstić information content (AvgIpc) is 3.08. The number of benzene rings is 2. The Morgan fingerprint density at radius 3 is 2.36 bits per heavy atom. The van der Waals surface area contributed by atoms with E-state index in [0.717, 1.165) is 34.8 Å². The molecule has 0 N–H and O–H groups in total. The minimum Gasteiger partial charge on any atom is -0.447 e. The number of hydrogen-bond acceptors (Lipinski definition) is 3. The molecule has 4 rings (SSSR count). The summed E-state index contributed by atoms with van der Waals surface area (Å²) in [6.07, 6.45) is 0.528. The molecule has 1 aliphatic heterocycles. The Balaban J connectivity index is 1.85. The van der Waals surface area contributed by atoms with Crippen LogP contribution in [0.5, 0.6) is 5.88 Å². The van der Waals surface area contributed by atoms with Crippen molar-refractivity contribution in [2.45, 2.75) is 45.8 Å². The van der Waals surface area contributed by atoms with Crippen molar-refractivity contribution in [2.75, 3.05) is 6.61 Å². The van der Waals surface area contributed by atoms with Gasteiger partial charge in [0.1, 0.15) is 5.69 Å². The average molecular weight is 377 g/mol. The van der Waals surface area contributed by atoms with Gasteiger partial charge in [-0.1, -0.05) is 76.2 Å². The van der Waals surface area contributed by atoms with E-state index in [-0.39, 0.29) is 11.7 Å². The first-order valence-corrected chi connectivity index (χ1v) is 9.98. The molecule has 0 fully saturated rings. The maximum atomic E-state index is 6.38. The van der Waals surface area contributed by atoms with Gasteiger partial charge in [-0.25, -0.2) is 4.68 Å². The van der Waals surface area contributed by atoms with Crippen molar-refractivity contribution in [3.8, 4) is 22.8 Å². The van der Waals surface area contributed by atoms with E-state index < -0.39 is 0 Å². The van der Waals surface area contributed by atoms with Gasteiger partial charge in [0.05, 0.1) is 12.3 Å². The molecule has 0 radical (unpaired) electrons. The molecule has 1 aliphatic rings. The zero-order valence-electron chi connectivity index (χ0n) is 17.1. The predicted molar refractivity (Wildman–Crippen MR) is 112 cm³/mol.